The van der Waals surface area contributed by atoms with Gasteiger partial charge in [0, 0.05) is 12.1 Å². The zero-order valence-electron chi connectivity index (χ0n) is 9.93. The molecule has 0 fully saturated rings. The molecule has 0 amide bonds. The molecule has 0 N–H and O–H groups in total. The van der Waals surface area contributed by atoms with Gasteiger partial charge in [0.15, 0.2) is 5.82 Å². The van der Waals surface area contributed by atoms with E-state index in [1.165, 1.54) is 0 Å². The van der Waals surface area contributed by atoms with Gasteiger partial charge in [0.25, 0.3) is 0 Å². The summed E-state index contributed by atoms with van der Waals surface area (Å²) in [6.07, 6.45) is 3.20. The Morgan fingerprint density at radius 1 is 1.24 bits per heavy atom. The fraction of sp³-hybridized carbons (Fsp3) is 0.385. The van der Waals surface area contributed by atoms with E-state index in [1.54, 1.807) is 4.57 Å². The van der Waals surface area contributed by atoms with Crippen LogP contribution in [0.2, 0.25) is 0 Å². The summed E-state index contributed by atoms with van der Waals surface area (Å²) in [6, 6.07) is 9.63. The van der Waals surface area contributed by atoms with Gasteiger partial charge in [-0.3, -0.25) is 9.09 Å². The second-order valence-corrected chi connectivity index (χ2v) is 4.00. The zero-order valence-corrected chi connectivity index (χ0v) is 9.93. The third-order valence-electron chi connectivity index (χ3n) is 2.70. The highest BCUT2D eigenvalue weighted by molar-refractivity contribution is 5.54. The van der Waals surface area contributed by atoms with E-state index >= 15 is 0 Å². The maximum absolute atomic E-state index is 11.5. The van der Waals surface area contributed by atoms with Crippen LogP contribution in [0.15, 0.2) is 39.6 Å². The fourth-order valence-electron chi connectivity index (χ4n) is 1.78. The molecule has 4 heteroatoms. The Morgan fingerprint density at radius 2 is 2.00 bits per heavy atom. The number of hydrogen-bond acceptors (Lipinski definition) is 3. The van der Waals surface area contributed by atoms with Gasteiger partial charge >= 0.3 is 5.76 Å². The molecule has 2 rings (SSSR count). The molecule has 0 radical (unpaired) electrons. The molecule has 17 heavy (non-hydrogen) atoms. The molecule has 0 aliphatic rings. The number of rotatable bonds is 5. The second-order valence-electron chi connectivity index (χ2n) is 4.00. The number of aromatic nitrogens is 2. The summed E-state index contributed by atoms with van der Waals surface area (Å²) >= 11 is 0. The Hall–Kier alpha value is -1.84. The van der Waals surface area contributed by atoms with Gasteiger partial charge in [-0.15, -0.1) is 0 Å². The second kappa shape index (κ2) is 5.48. The molecule has 1 aromatic carbocycles. The normalized spacial score (nSPS) is 10.6. The Bertz CT molecular complexity index is 514. The van der Waals surface area contributed by atoms with Crippen LogP contribution >= 0.6 is 0 Å². The number of hydrogen-bond donors (Lipinski definition) is 0. The van der Waals surface area contributed by atoms with Gasteiger partial charge in [-0.2, -0.15) is 0 Å². The van der Waals surface area contributed by atoms with E-state index in [4.69, 9.17) is 4.52 Å². The first kappa shape index (κ1) is 11.6. The molecule has 0 spiro atoms. The largest absolute Gasteiger partial charge is 0.441 e. The van der Waals surface area contributed by atoms with Gasteiger partial charge < -0.3 is 0 Å². The Labute approximate surface area is 99.9 Å². The lowest BCUT2D eigenvalue weighted by atomic mass is 10.2. The highest BCUT2D eigenvalue weighted by Crippen LogP contribution is 2.15. The average Bonchev–Trinajstić information content (AvgIpc) is 2.73. The van der Waals surface area contributed by atoms with Crippen LogP contribution in [0.3, 0.4) is 0 Å². The Balaban J connectivity index is 2.26. The van der Waals surface area contributed by atoms with Crippen LogP contribution in [-0.2, 0) is 6.54 Å². The topological polar surface area (TPSA) is 48.0 Å². The predicted octanol–water partition coefficient (Wildman–Crippen LogP) is 2.69. The van der Waals surface area contributed by atoms with E-state index in [0.717, 1.165) is 24.8 Å². The molecule has 0 saturated heterocycles. The molecule has 0 aliphatic heterocycles. The molecule has 0 aliphatic carbocycles. The average molecular weight is 232 g/mol. The molecular formula is C13H16N2O2. The summed E-state index contributed by atoms with van der Waals surface area (Å²) in [5.74, 6) is 0.242. The van der Waals surface area contributed by atoms with Crippen molar-refractivity contribution in [2.75, 3.05) is 0 Å². The fourth-order valence-corrected chi connectivity index (χ4v) is 1.78. The van der Waals surface area contributed by atoms with Gasteiger partial charge in [-0.05, 0) is 6.42 Å². The van der Waals surface area contributed by atoms with Gasteiger partial charge in [0.05, 0.1) is 0 Å². The summed E-state index contributed by atoms with van der Waals surface area (Å²) in [6.45, 7) is 2.80. The first-order valence-electron chi connectivity index (χ1n) is 5.95. The minimum Gasteiger partial charge on any atom is -0.295 e. The molecule has 0 bridgehead atoms. The van der Waals surface area contributed by atoms with Crippen LogP contribution in [0.4, 0.5) is 0 Å². The summed E-state index contributed by atoms with van der Waals surface area (Å²) in [5, 5.41) is 3.84. The standard InChI is InChI=1S/C13H16N2O2/c1-2-3-7-10-15-12(14-17-13(15)16)11-8-5-4-6-9-11/h4-6,8-9H,2-3,7,10H2,1H3. The zero-order chi connectivity index (χ0) is 12.1. The van der Waals surface area contributed by atoms with Crippen LogP contribution in [-0.4, -0.2) is 9.72 Å². The van der Waals surface area contributed by atoms with Gasteiger partial charge in [0.2, 0.25) is 0 Å². The Morgan fingerprint density at radius 3 is 2.71 bits per heavy atom. The molecule has 2 aromatic rings. The van der Waals surface area contributed by atoms with Crippen molar-refractivity contribution < 1.29 is 4.52 Å². The third-order valence-corrected chi connectivity index (χ3v) is 2.70. The van der Waals surface area contributed by atoms with Crippen LogP contribution in [0.1, 0.15) is 26.2 Å². The molecule has 1 heterocycles. The van der Waals surface area contributed by atoms with Crippen molar-refractivity contribution in [3.8, 4) is 11.4 Å². The van der Waals surface area contributed by atoms with Crippen molar-refractivity contribution in [3.63, 3.8) is 0 Å². The maximum Gasteiger partial charge on any atom is 0.441 e. The minimum atomic E-state index is -0.375. The lowest BCUT2D eigenvalue weighted by molar-refractivity contribution is 0.374. The molecule has 90 valence electrons. The first-order chi connectivity index (χ1) is 8.33. The van der Waals surface area contributed by atoms with Crippen molar-refractivity contribution in [2.45, 2.75) is 32.7 Å². The van der Waals surface area contributed by atoms with E-state index in [9.17, 15) is 4.79 Å². The SMILES string of the molecule is CCCCCn1c(-c2ccccc2)noc1=O. The lowest BCUT2D eigenvalue weighted by Gasteiger charge is -2.03. The first-order valence-corrected chi connectivity index (χ1v) is 5.95. The molecule has 0 unspecified atom stereocenters. The third kappa shape index (κ3) is 2.64. The van der Waals surface area contributed by atoms with Crippen molar-refractivity contribution in [1.29, 1.82) is 0 Å². The summed E-state index contributed by atoms with van der Waals surface area (Å²) in [7, 11) is 0. The van der Waals surface area contributed by atoms with Crippen LogP contribution in [0.25, 0.3) is 11.4 Å². The minimum absolute atomic E-state index is 0.375. The molecular weight excluding hydrogens is 216 g/mol. The van der Waals surface area contributed by atoms with Crippen molar-refractivity contribution in [2.24, 2.45) is 0 Å². The number of unbranched alkanes of at least 4 members (excludes halogenated alkanes) is 2. The quantitative estimate of drug-likeness (QED) is 0.745. The molecule has 4 nitrogen and oxygen atoms in total. The lowest BCUT2D eigenvalue weighted by Crippen LogP contribution is -2.15. The molecule has 0 atom stereocenters. The van der Waals surface area contributed by atoms with E-state index in [2.05, 4.69) is 12.1 Å². The van der Waals surface area contributed by atoms with Crippen LogP contribution < -0.4 is 5.76 Å². The highest BCUT2D eigenvalue weighted by Gasteiger charge is 2.11. The summed E-state index contributed by atoms with van der Waals surface area (Å²) < 4.78 is 6.34. The van der Waals surface area contributed by atoms with Crippen molar-refractivity contribution >= 4 is 0 Å². The summed E-state index contributed by atoms with van der Waals surface area (Å²) in [4.78, 5) is 11.5. The molecule has 0 saturated carbocycles. The molecule has 1 aromatic heterocycles. The van der Waals surface area contributed by atoms with Gasteiger partial charge in [-0.1, -0.05) is 55.3 Å². The van der Waals surface area contributed by atoms with E-state index < -0.39 is 0 Å². The number of nitrogens with zero attached hydrogens (tertiary/aromatic N) is 2. The van der Waals surface area contributed by atoms with E-state index in [0.29, 0.717) is 12.4 Å². The smallest absolute Gasteiger partial charge is 0.295 e. The van der Waals surface area contributed by atoms with E-state index in [1.807, 2.05) is 30.3 Å². The maximum atomic E-state index is 11.5. The van der Waals surface area contributed by atoms with Crippen molar-refractivity contribution in [1.82, 2.24) is 9.72 Å². The monoisotopic (exact) mass is 232 g/mol. The predicted molar refractivity (Wildman–Crippen MR) is 65.7 cm³/mol. The van der Waals surface area contributed by atoms with Crippen LogP contribution in [0, 0.1) is 0 Å². The summed E-state index contributed by atoms with van der Waals surface area (Å²) in [5.41, 5.74) is 0.912. The highest BCUT2D eigenvalue weighted by atomic mass is 16.5. The van der Waals surface area contributed by atoms with Gasteiger partial charge in [0.1, 0.15) is 0 Å². The van der Waals surface area contributed by atoms with Gasteiger partial charge in [-0.25, -0.2) is 4.79 Å². The Kier molecular flexibility index (Phi) is 3.75. The van der Waals surface area contributed by atoms with Crippen molar-refractivity contribution in [3.05, 3.63) is 40.9 Å². The van der Waals surface area contributed by atoms with Crippen LogP contribution in [0.5, 0.6) is 0 Å². The van der Waals surface area contributed by atoms with E-state index in [-0.39, 0.29) is 5.76 Å². The number of benzene rings is 1.